The van der Waals surface area contributed by atoms with Crippen molar-refractivity contribution in [2.75, 3.05) is 30.8 Å². The quantitative estimate of drug-likeness (QED) is 0.844. The summed E-state index contributed by atoms with van der Waals surface area (Å²) in [5.41, 5.74) is 6.61. The van der Waals surface area contributed by atoms with Crippen molar-refractivity contribution < 1.29 is 14.1 Å². The number of nitrogens with two attached hydrogens (primary N) is 2. The normalized spacial score (nSPS) is 21.9. The molecule has 19 heavy (non-hydrogen) atoms. The molecule has 0 spiro atoms. The SMILES string of the molecule is C[NH2+]c1c(N)nc(C2CC2)nc1N1CCC(F)(F)C1. The fourth-order valence-electron chi connectivity index (χ4n) is 2.45. The van der Waals surface area contributed by atoms with Gasteiger partial charge in [0, 0.05) is 18.9 Å². The largest absolute Gasteiger partial charge is 0.379 e. The van der Waals surface area contributed by atoms with Gasteiger partial charge >= 0.3 is 0 Å². The number of nitrogen functional groups attached to an aromatic ring is 1. The maximum atomic E-state index is 13.4. The molecule has 2 aliphatic rings. The van der Waals surface area contributed by atoms with Crippen LogP contribution in [0.4, 0.5) is 26.1 Å². The summed E-state index contributed by atoms with van der Waals surface area (Å²) < 4.78 is 26.7. The molecule has 1 aromatic heterocycles. The molecule has 1 aliphatic heterocycles. The van der Waals surface area contributed by atoms with E-state index in [9.17, 15) is 8.78 Å². The van der Waals surface area contributed by atoms with Gasteiger partial charge in [0.2, 0.25) is 5.69 Å². The van der Waals surface area contributed by atoms with Gasteiger partial charge in [-0.25, -0.2) is 18.7 Å². The highest BCUT2D eigenvalue weighted by Gasteiger charge is 2.41. The molecular weight excluding hydrogens is 252 g/mol. The van der Waals surface area contributed by atoms with Crippen LogP contribution >= 0.6 is 0 Å². The number of hydrogen-bond acceptors (Lipinski definition) is 4. The molecule has 5 nitrogen and oxygen atoms in total. The van der Waals surface area contributed by atoms with Crippen LogP contribution in [0.25, 0.3) is 0 Å². The average molecular weight is 270 g/mol. The van der Waals surface area contributed by atoms with Gasteiger partial charge in [0.25, 0.3) is 5.92 Å². The predicted octanol–water partition coefficient (Wildman–Crippen LogP) is 0.606. The number of quaternary nitrogens is 1. The fourth-order valence-corrected chi connectivity index (χ4v) is 2.45. The van der Waals surface area contributed by atoms with E-state index >= 15 is 0 Å². The molecular formula is C12H18F2N5+. The summed E-state index contributed by atoms with van der Waals surface area (Å²) in [5, 5.41) is 1.79. The summed E-state index contributed by atoms with van der Waals surface area (Å²) in [5.74, 6) is -0.619. The Kier molecular flexibility index (Phi) is 2.81. The molecule has 0 atom stereocenters. The highest BCUT2D eigenvalue weighted by atomic mass is 19.3. The minimum atomic E-state index is -2.63. The Morgan fingerprint density at radius 1 is 1.37 bits per heavy atom. The molecule has 3 rings (SSSR count). The molecule has 0 aromatic carbocycles. The minimum Gasteiger partial charge on any atom is -0.379 e. The zero-order chi connectivity index (χ0) is 13.6. The van der Waals surface area contributed by atoms with Crippen LogP contribution in [-0.4, -0.2) is 36.0 Å². The van der Waals surface area contributed by atoms with E-state index in [4.69, 9.17) is 5.73 Å². The first-order chi connectivity index (χ1) is 9.00. The van der Waals surface area contributed by atoms with Gasteiger partial charge in [0.15, 0.2) is 11.6 Å². The van der Waals surface area contributed by atoms with Crippen LogP contribution in [0.1, 0.15) is 31.0 Å². The molecule has 0 bridgehead atoms. The summed E-state index contributed by atoms with van der Waals surface area (Å²) in [6.07, 6.45) is 1.99. The second kappa shape index (κ2) is 4.26. The molecule has 0 unspecified atom stereocenters. The lowest BCUT2D eigenvalue weighted by atomic mass is 10.3. The van der Waals surface area contributed by atoms with Crippen LogP contribution in [0, 0.1) is 0 Å². The van der Waals surface area contributed by atoms with Gasteiger partial charge < -0.3 is 16.0 Å². The number of rotatable bonds is 3. The Bertz CT molecular complexity index is 501. The zero-order valence-corrected chi connectivity index (χ0v) is 10.9. The average Bonchev–Trinajstić information content (AvgIpc) is 3.13. The lowest BCUT2D eigenvalue weighted by molar-refractivity contribution is -0.538. The molecule has 2 heterocycles. The summed E-state index contributed by atoms with van der Waals surface area (Å²) in [6.45, 7) is 0.0306. The number of nitrogens with zero attached hydrogens (tertiary/aromatic N) is 3. The third kappa shape index (κ3) is 2.34. The van der Waals surface area contributed by atoms with Gasteiger partial charge in [-0.2, -0.15) is 0 Å². The van der Waals surface area contributed by atoms with Gasteiger partial charge in [-0.1, -0.05) is 0 Å². The van der Waals surface area contributed by atoms with Crippen LogP contribution in [0.15, 0.2) is 0 Å². The molecule has 2 fully saturated rings. The molecule has 1 aromatic rings. The van der Waals surface area contributed by atoms with Crippen molar-refractivity contribution in [3.63, 3.8) is 0 Å². The van der Waals surface area contributed by atoms with Crippen molar-refractivity contribution in [2.24, 2.45) is 0 Å². The second-order valence-corrected chi connectivity index (χ2v) is 5.29. The van der Waals surface area contributed by atoms with Crippen molar-refractivity contribution in [3.05, 3.63) is 5.82 Å². The van der Waals surface area contributed by atoms with Crippen molar-refractivity contribution in [1.29, 1.82) is 0 Å². The molecule has 4 N–H and O–H groups in total. The van der Waals surface area contributed by atoms with Crippen LogP contribution in [0.3, 0.4) is 0 Å². The number of halogens is 2. The monoisotopic (exact) mass is 270 g/mol. The maximum absolute atomic E-state index is 13.4. The molecule has 7 heteroatoms. The Labute approximate surface area is 110 Å². The fraction of sp³-hybridized carbons (Fsp3) is 0.667. The van der Waals surface area contributed by atoms with E-state index in [2.05, 4.69) is 9.97 Å². The Morgan fingerprint density at radius 3 is 2.63 bits per heavy atom. The van der Waals surface area contributed by atoms with E-state index in [0.29, 0.717) is 35.6 Å². The first-order valence-corrected chi connectivity index (χ1v) is 6.60. The summed E-state index contributed by atoms with van der Waals surface area (Å²) in [6, 6.07) is 0. The third-order valence-corrected chi connectivity index (χ3v) is 3.67. The highest BCUT2D eigenvalue weighted by molar-refractivity contribution is 5.68. The van der Waals surface area contributed by atoms with E-state index in [-0.39, 0.29) is 13.0 Å². The van der Waals surface area contributed by atoms with Gasteiger partial charge in [0.05, 0.1) is 13.6 Å². The number of aromatic nitrogens is 2. The van der Waals surface area contributed by atoms with Crippen LogP contribution in [-0.2, 0) is 0 Å². The van der Waals surface area contributed by atoms with Crippen LogP contribution in [0.2, 0.25) is 0 Å². The topological polar surface area (TPSA) is 71.6 Å². The lowest BCUT2D eigenvalue weighted by Gasteiger charge is -2.19. The van der Waals surface area contributed by atoms with Gasteiger partial charge in [-0.05, 0) is 12.8 Å². The van der Waals surface area contributed by atoms with Gasteiger partial charge in [0.1, 0.15) is 5.82 Å². The predicted molar refractivity (Wildman–Crippen MR) is 67.7 cm³/mol. The standard InChI is InChI=1S/C12H17F2N5/c1-16-8-9(15)17-10(7-2-3-7)18-11(8)19-5-4-12(13,14)6-19/h7,16H,2-6H2,1H3,(H2,15,17,18)/p+1. The number of anilines is 2. The Balaban J connectivity index is 1.98. The van der Waals surface area contributed by atoms with E-state index in [1.807, 2.05) is 7.05 Å². The van der Waals surface area contributed by atoms with E-state index in [1.54, 1.807) is 10.2 Å². The van der Waals surface area contributed by atoms with Crippen LogP contribution in [0.5, 0.6) is 0 Å². The lowest BCUT2D eigenvalue weighted by Crippen LogP contribution is -2.73. The Morgan fingerprint density at radius 2 is 2.11 bits per heavy atom. The minimum absolute atomic E-state index is 0.126. The van der Waals surface area contributed by atoms with E-state index in [0.717, 1.165) is 12.8 Å². The van der Waals surface area contributed by atoms with E-state index < -0.39 is 5.92 Å². The smallest absolute Gasteiger partial charge is 0.266 e. The molecule has 0 amide bonds. The van der Waals surface area contributed by atoms with Crippen LogP contribution < -0.4 is 16.0 Å². The second-order valence-electron chi connectivity index (χ2n) is 5.29. The molecule has 104 valence electrons. The Hall–Kier alpha value is -1.50. The third-order valence-electron chi connectivity index (χ3n) is 3.67. The van der Waals surface area contributed by atoms with Gasteiger partial charge in [-0.3, -0.25) is 0 Å². The highest BCUT2D eigenvalue weighted by Crippen LogP contribution is 2.41. The van der Waals surface area contributed by atoms with Crippen molar-refractivity contribution in [3.8, 4) is 0 Å². The van der Waals surface area contributed by atoms with Crippen molar-refractivity contribution in [2.45, 2.75) is 31.1 Å². The van der Waals surface area contributed by atoms with Gasteiger partial charge in [-0.15, -0.1) is 0 Å². The molecule has 1 aliphatic carbocycles. The molecule has 0 radical (unpaired) electrons. The summed E-state index contributed by atoms with van der Waals surface area (Å²) in [7, 11) is 1.82. The van der Waals surface area contributed by atoms with Crippen molar-refractivity contribution in [1.82, 2.24) is 9.97 Å². The van der Waals surface area contributed by atoms with E-state index in [1.165, 1.54) is 0 Å². The first-order valence-electron chi connectivity index (χ1n) is 6.60. The summed E-state index contributed by atoms with van der Waals surface area (Å²) >= 11 is 0. The van der Waals surface area contributed by atoms with Crippen molar-refractivity contribution >= 4 is 17.3 Å². The molecule has 1 saturated heterocycles. The zero-order valence-electron chi connectivity index (χ0n) is 10.9. The maximum Gasteiger partial charge on any atom is 0.266 e. The summed E-state index contributed by atoms with van der Waals surface area (Å²) in [4.78, 5) is 10.4. The number of alkyl halides is 2. The molecule has 1 saturated carbocycles. The number of hydrogen-bond donors (Lipinski definition) is 2. The first kappa shape index (κ1) is 12.5.